The van der Waals surface area contributed by atoms with Crippen LogP contribution in [0.2, 0.25) is 5.02 Å². The van der Waals surface area contributed by atoms with E-state index in [9.17, 15) is 0 Å². The topological polar surface area (TPSA) is 29.9 Å². The summed E-state index contributed by atoms with van der Waals surface area (Å²) in [5, 5.41) is 4.23. The molecule has 0 spiro atoms. The number of fused-ring (bicyclic) bond motifs is 1. The van der Waals surface area contributed by atoms with E-state index in [0.29, 0.717) is 6.04 Å². The second-order valence-electron chi connectivity index (χ2n) is 5.09. The monoisotopic (exact) mass is 279 g/mol. The molecule has 0 atom stereocenters. The van der Waals surface area contributed by atoms with E-state index in [0.717, 1.165) is 47.8 Å². The van der Waals surface area contributed by atoms with Gasteiger partial charge in [0.25, 0.3) is 0 Å². The molecule has 19 heavy (non-hydrogen) atoms. The number of imidazole rings is 1. The van der Waals surface area contributed by atoms with Gasteiger partial charge in [0.05, 0.1) is 16.1 Å². The summed E-state index contributed by atoms with van der Waals surface area (Å²) < 4.78 is 2.23. The molecule has 0 radical (unpaired) electrons. The molecule has 0 aliphatic carbocycles. The summed E-state index contributed by atoms with van der Waals surface area (Å²) in [7, 11) is 0. The van der Waals surface area contributed by atoms with Gasteiger partial charge >= 0.3 is 0 Å². The lowest BCUT2D eigenvalue weighted by atomic mass is 10.2. The summed E-state index contributed by atoms with van der Waals surface area (Å²) in [6.45, 7) is 8.41. The Morgan fingerprint density at radius 2 is 2.16 bits per heavy atom. The second kappa shape index (κ2) is 6.40. The van der Waals surface area contributed by atoms with Gasteiger partial charge in [0.2, 0.25) is 0 Å². The predicted molar refractivity (Wildman–Crippen MR) is 81.9 cm³/mol. The van der Waals surface area contributed by atoms with E-state index in [1.807, 2.05) is 18.2 Å². The molecule has 0 aliphatic heterocycles. The standard InChI is InChI=1S/C15H22ClN3/c1-4-19-14(9-6-10-17-11(2)3)18-13-8-5-7-12(16)15(13)19/h5,7-8,11,17H,4,6,9-10H2,1-3H3. The minimum Gasteiger partial charge on any atom is -0.327 e. The van der Waals surface area contributed by atoms with Crippen LogP contribution >= 0.6 is 11.6 Å². The number of aromatic nitrogens is 2. The van der Waals surface area contributed by atoms with Crippen molar-refractivity contribution in [3.63, 3.8) is 0 Å². The van der Waals surface area contributed by atoms with Gasteiger partial charge in [-0.15, -0.1) is 0 Å². The smallest absolute Gasteiger partial charge is 0.109 e. The van der Waals surface area contributed by atoms with Crippen LogP contribution in [0, 0.1) is 0 Å². The zero-order valence-corrected chi connectivity index (χ0v) is 12.7. The highest BCUT2D eigenvalue weighted by Gasteiger charge is 2.11. The van der Waals surface area contributed by atoms with E-state index in [4.69, 9.17) is 16.6 Å². The van der Waals surface area contributed by atoms with E-state index in [2.05, 4.69) is 30.7 Å². The molecule has 3 nitrogen and oxygen atoms in total. The lowest BCUT2D eigenvalue weighted by Crippen LogP contribution is -2.24. The first-order valence-electron chi connectivity index (χ1n) is 7.00. The fourth-order valence-corrected chi connectivity index (χ4v) is 2.63. The normalized spacial score (nSPS) is 11.6. The number of nitrogens with zero attached hydrogens (tertiary/aromatic N) is 2. The molecule has 2 aromatic rings. The van der Waals surface area contributed by atoms with Crippen molar-refractivity contribution in [3.8, 4) is 0 Å². The number of halogens is 1. The van der Waals surface area contributed by atoms with Crippen LogP contribution in [-0.2, 0) is 13.0 Å². The minimum atomic E-state index is 0.541. The maximum Gasteiger partial charge on any atom is 0.109 e. The van der Waals surface area contributed by atoms with Gasteiger partial charge in [-0.25, -0.2) is 4.98 Å². The van der Waals surface area contributed by atoms with Crippen molar-refractivity contribution in [2.75, 3.05) is 6.54 Å². The van der Waals surface area contributed by atoms with Crippen LogP contribution in [0.5, 0.6) is 0 Å². The highest BCUT2D eigenvalue weighted by Crippen LogP contribution is 2.24. The van der Waals surface area contributed by atoms with Crippen molar-refractivity contribution in [1.82, 2.24) is 14.9 Å². The molecular formula is C15H22ClN3. The molecule has 0 fully saturated rings. The van der Waals surface area contributed by atoms with Gasteiger partial charge in [-0.1, -0.05) is 31.5 Å². The molecule has 0 saturated carbocycles. The van der Waals surface area contributed by atoms with Crippen LogP contribution < -0.4 is 5.32 Å². The van der Waals surface area contributed by atoms with Crippen molar-refractivity contribution in [2.45, 2.75) is 46.2 Å². The lowest BCUT2D eigenvalue weighted by molar-refractivity contribution is 0.560. The highest BCUT2D eigenvalue weighted by molar-refractivity contribution is 6.35. The molecule has 0 bridgehead atoms. The molecule has 1 aromatic carbocycles. The molecule has 0 aliphatic rings. The lowest BCUT2D eigenvalue weighted by Gasteiger charge is -2.09. The van der Waals surface area contributed by atoms with Crippen LogP contribution in [0.4, 0.5) is 0 Å². The highest BCUT2D eigenvalue weighted by atomic mass is 35.5. The first-order chi connectivity index (χ1) is 9.13. The molecule has 0 amide bonds. The maximum absolute atomic E-state index is 6.28. The van der Waals surface area contributed by atoms with Gasteiger partial charge in [-0.2, -0.15) is 0 Å². The molecular weight excluding hydrogens is 258 g/mol. The van der Waals surface area contributed by atoms with Gasteiger partial charge in [0.1, 0.15) is 5.82 Å². The number of hydrogen-bond acceptors (Lipinski definition) is 2. The Kier molecular flexibility index (Phi) is 4.83. The average molecular weight is 280 g/mol. The van der Waals surface area contributed by atoms with Crippen LogP contribution in [0.3, 0.4) is 0 Å². The largest absolute Gasteiger partial charge is 0.327 e. The Morgan fingerprint density at radius 1 is 1.37 bits per heavy atom. The Morgan fingerprint density at radius 3 is 2.84 bits per heavy atom. The minimum absolute atomic E-state index is 0.541. The summed E-state index contributed by atoms with van der Waals surface area (Å²) in [5.74, 6) is 1.14. The van der Waals surface area contributed by atoms with Crippen molar-refractivity contribution in [1.29, 1.82) is 0 Å². The second-order valence-corrected chi connectivity index (χ2v) is 5.50. The molecule has 2 rings (SSSR count). The summed E-state index contributed by atoms with van der Waals surface area (Å²) in [6, 6.07) is 6.46. The van der Waals surface area contributed by atoms with Crippen molar-refractivity contribution >= 4 is 22.6 Å². The molecule has 1 heterocycles. The summed E-state index contributed by atoms with van der Waals surface area (Å²) in [6.07, 6.45) is 2.08. The van der Waals surface area contributed by atoms with Gasteiger partial charge in [-0.05, 0) is 32.0 Å². The third-order valence-corrected chi connectivity index (χ3v) is 3.55. The average Bonchev–Trinajstić information content (AvgIpc) is 2.73. The number of hydrogen-bond donors (Lipinski definition) is 1. The van der Waals surface area contributed by atoms with Crippen molar-refractivity contribution < 1.29 is 0 Å². The van der Waals surface area contributed by atoms with E-state index in [-0.39, 0.29) is 0 Å². The summed E-state index contributed by atoms with van der Waals surface area (Å²) in [5.41, 5.74) is 2.07. The van der Waals surface area contributed by atoms with Crippen molar-refractivity contribution in [2.24, 2.45) is 0 Å². The maximum atomic E-state index is 6.28. The predicted octanol–water partition coefficient (Wildman–Crippen LogP) is 3.64. The zero-order valence-electron chi connectivity index (χ0n) is 11.9. The Labute approximate surface area is 120 Å². The van der Waals surface area contributed by atoms with Crippen LogP contribution in [0.1, 0.15) is 33.0 Å². The number of nitrogens with one attached hydrogen (secondary N) is 1. The first kappa shape index (κ1) is 14.4. The third kappa shape index (κ3) is 3.28. The number of para-hydroxylation sites is 1. The fourth-order valence-electron chi connectivity index (χ4n) is 2.36. The van der Waals surface area contributed by atoms with Gasteiger partial charge in [0, 0.05) is 19.0 Å². The molecule has 104 valence electrons. The zero-order chi connectivity index (χ0) is 13.8. The summed E-state index contributed by atoms with van der Waals surface area (Å²) >= 11 is 6.28. The van der Waals surface area contributed by atoms with Gasteiger partial charge < -0.3 is 9.88 Å². The number of benzene rings is 1. The van der Waals surface area contributed by atoms with E-state index in [1.54, 1.807) is 0 Å². The SMILES string of the molecule is CCn1c(CCCNC(C)C)nc2cccc(Cl)c21. The Balaban J connectivity index is 2.16. The quantitative estimate of drug-likeness (QED) is 0.818. The summed E-state index contributed by atoms with van der Waals surface area (Å²) in [4.78, 5) is 4.71. The molecule has 1 aromatic heterocycles. The Hall–Kier alpha value is -1.06. The van der Waals surface area contributed by atoms with E-state index < -0.39 is 0 Å². The van der Waals surface area contributed by atoms with Crippen molar-refractivity contribution in [3.05, 3.63) is 29.0 Å². The molecule has 1 N–H and O–H groups in total. The first-order valence-corrected chi connectivity index (χ1v) is 7.38. The van der Waals surface area contributed by atoms with Crippen LogP contribution in [0.15, 0.2) is 18.2 Å². The Bertz CT molecular complexity index is 546. The molecule has 4 heteroatoms. The van der Waals surface area contributed by atoms with E-state index in [1.165, 1.54) is 0 Å². The van der Waals surface area contributed by atoms with Gasteiger partial charge in [0.15, 0.2) is 0 Å². The molecule has 0 unspecified atom stereocenters. The number of aryl methyl sites for hydroxylation is 2. The van der Waals surface area contributed by atoms with E-state index >= 15 is 0 Å². The van der Waals surface area contributed by atoms with Crippen LogP contribution in [-0.4, -0.2) is 22.1 Å². The molecule has 0 saturated heterocycles. The van der Waals surface area contributed by atoms with Gasteiger partial charge in [-0.3, -0.25) is 0 Å². The third-order valence-electron chi connectivity index (χ3n) is 3.24. The number of rotatable bonds is 6. The van der Waals surface area contributed by atoms with Crippen LogP contribution in [0.25, 0.3) is 11.0 Å². The fraction of sp³-hybridized carbons (Fsp3) is 0.533.